The van der Waals surface area contributed by atoms with E-state index in [-0.39, 0.29) is 36.4 Å². The van der Waals surface area contributed by atoms with Crippen LogP contribution in [0.5, 0.6) is 0 Å². The van der Waals surface area contributed by atoms with Gasteiger partial charge in [0, 0.05) is 18.8 Å². The number of aliphatic hydroxyl groups excluding tert-OH is 1. The van der Waals surface area contributed by atoms with Crippen LogP contribution >= 0.6 is 0 Å². The van der Waals surface area contributed by atoms with E-state index in [0.717, 1.165) is 32.1 Å². The molecular formula is C28H46O6. The number of rotatable bonds is 7. The second-order valence-corrected chi connectivity index (χ2v) is 12.0. The molecule has 1 unspecified atom stereocenters. The number of aliphatic hydroxyl groups is 2. The largest absolute Gasteiger partial charge is 0.459 e. The van der Waals surface area contributed by atoms with Gasteiger partial charge in [-0.15, -0.1) is 0 Å². The van der Waals surface area contributed by atoms with Gasteiger partial charge in [0.1, 0.15) is 11.7 Å². The van der Waals surface area contributed by atoms with Crippen molar-refractivity contribution in [1.82, 2.24) is 0 Å². The molecule has 34 heavy (non-hydrogen) atoms. The van der Waals surface area contributed by atoms with Crippen LogP contribution in [0.1, 0.15) is 91.9 Å². The number of ether oxygens (including phenoxy) is 3. The Bertz CT molecular complexity index is 749. The van der Waals surface area contributed by atoms with Crippen LogP contribution in [0.3, 0.4) is 0 Å². The molecule has 0 aromatic heterocycles. The molecule has 4 aliphatic rings. The third-order valence-corrected chi connectivity index (χ3v) is 9.41. The van der Waals surface area contributed by atoms with E-state index in [0.29, 0.717) is 36.9 Å². The van der Waals surface area contributed by atoms with Gasteiger partial charge in [0.2, 0.25) is 0 Å². The van der Waals surface area contributed by atoms with Crippen molar-refractivity contribution in [3.05, 3.63) is 12.2 Å². The van der Waals surface area contributed by atoms with Gasteiger partial charge in [0.05, 0.1) is 30.5 Å². The normalized spacial score (nSPS) is 46.2. The molecule has 6 nitrogen and oxygen atoms in total. The van der Waals surface area contributed by atoms with Gasteiger partial charge >= 0.3 is 5.97 Å². The Balaban J connectivity index is 1.63. The average molecular weight is 479 g/mol. The van der Waals surface area contributed by atoms with Crippen molar-refractivity contribution in [2.24, 2.45) is 23.7 Å². The molecule has 4 rings (SSSR count). The van der Waals surface area contributed by atoms with E-state index in [1.807, 2.05) is 13.8 Å². The molecule has 3 saturated heterocycles. The average Bonchev–Trinajstić information content (AvgIpc) is 3.13. The Morgan fingerprint density at radius 1 is 1.24 bits per heavy atom. The molecular weight excluding hydrogens is 432 g/mol. The number of unbranched alkanes of at least 4 members (excludes halogenated alkanes) is 4. The fourth-order valence-corrected chi connectivity index (χ4v) is 7.33. The van der Waals surface area contributed by atoms with Crippen molar-refractivity contribution in [2.45, 2.75) is 128 Å². The fourth-order valence-electron chi connectivity index (χ4n) is 7.33. The quantitative estimate of drug-likeness (QED) is 0.317. The highest BCUT2D eigenvalue weighted by Gasteiger charge is 2.66. The highest BCUT2D eigenvalue weighted by Crippen LogP contribution is 2.58. The van der Waals surface area contributed by atoms with Gasteiger partial charge in [-0.05, 0) is 62.9 Å². The summed E-state index contributed by atoms with van der Waals surface area (Å²) in [6.07, 6.45) is 6.15. The molecule has 4 fully saturated rings. The van der Waals surface area contributed by atoms with Crippen molar-refractivity contribution in [3.63, 3.8) is 0 Å². The lowest BCUT2D eigenvalue weighted by atomic mass is 9.58. The number of esters is 1. The molecule has 194 valence electrons. The highest BCUT2D eigenvalue weighted by molar-refractivity contribution is 5.69. The molecule has 0 aromatic rings. The van der Waals surface area contributed by atoms with Crippen LogP contribution in [-0.2, 0) is 19.0 Å². The lowest BCUT2D eigenvalue weighted by Crippen LogP contribution is -2.58. The molecule has 10 atom stereocenters. The minimum atomic E-state index is -0.891. The van der Waals surface area contributed by atoms with Crippen molar-refractivity contribution < 1.29 is 29.2 Å². The zero-order valence-corrected chi connectivity index (χ0v) is 21.6. The SMILES string of the molecule is C=C1C[C@H]2O[C@@H]3[C@@H]4[C@H](CC[C@@](C)(O)[C@@H]42)[C@H](C)COC3(C)[C@@H](OC(=O)CCCCCCC)C[C@H]1O. The summed E-state index contributed by atoms with van der Waals surface area (Å²) in [5, 5.41) is 22.5. The molecule has 0 amide bonds. The van der Waals surface area contributed by atoms with Gasteiger partial charge in [0.15, 0.2) is 0 Å². The van der Waals surface area contributed by atoms with Crippen LogP contribution < -0.4 is 0 Å². The minimum absolute atomic E-state index is 0.0586. The molecule has 0 radical (unpaired) electrons. The standard InChI is InChI=1S/C28H46O6/c1-6-7-8-9-10-11-23(30)34-22-15-20(29)17(2)14-21-25-24-19(12-13-27(25,4)31)18(3)16-32-28(22,5)26(24)33-21/h18-22,24-26,29,31H,2,6-16H2,1,3-5H3/t18-,19-,20-,21-,22+,24-,25-,26-,27-,28?/m1/s1. The maximum atomic E-state index is 12.9. The summed E-state index contributed by atoms with van der Waals surface area (Å²) in [6, 6.07) is 0. The third-order valence-electron chi connectivity index (χ3n) is 9.41. The van der Waals surface area contributed by atoms with Crippen LogP contribution in [0.25, 0.3) is 0 Å². The van der Waals surface area contributed by atoms with E-state index in [9.17, 15) is 15.0 Å². The number of hydrogen-bond donors (Lipinski definition) is 2. The number of hydrogen-bond acceptors (Lipinski definition) is 6. The van der Waals surface area contributed by atoms with Gasteiger partial charge in [-0.1, -0.05) is 46.1 Å². The Kier molecular flexibility index (Phi) is 7.83. The van der Waals surface area contributed by atoms with E-state index in [2.05, 4.69) is 20.4 Å². The van der Waals surface area contributed by atoms with Crippen LogP contribution in [0.15, 0.2) is 12.2 Å². The second kappa shape index (κ2) is 10.2. The molecule has 6 heteroatoms. The third kappa shape index (κ3) is 4.85. The number of carbonyl (C=O) groups excluding carboxylic acids is 1. The second-order valence-electron chi connectivity index (χ2n) is 12.0. The smallest absolute Gasteiger partial charge is 0.306 e. The predicted octanol–water partition coefficient (Wildman–Crippen LogP) is 4.56. The highest BCUT2D eigenvalue weighted by atomic mass is 16.6. The first-order valence-electron chi connectivity index (χ1n) is 13.7. The first-order valence-corrected chi connectivity index (χ1v) is 13.7. The van der Waals surface area contributed by atoms with Gasteiger partial charge in [0.25, 0.3) is 0 Å². The first-order chi connectivity index (χ1) is 16.1. The van der Waals surface area contributed by atoms with Gasteiger partial charge in [-0.2, -0.15) is 0 Å². The number of carbonyl (C=O) groups is 1. The summed E-state index contributed by atoms with van der Waals surface area (Å²) in [5.41, 5.74) is -1.06. The van der Waals surface area contributed by atoms with Crippen molar-refractivity contribution in [2.75, 3.05) is 6.61 Å². The molecule has 0 aromatic carbocycles. The summed E-state index contributed by atoms with van der Waals surface area (Å²) in [5.74, 6) is 0.527. The summed E-state index contributed by atoms with van der Waals surface area (Å²) in [7, 11) is 0. The lowest BCUT2D eigenvalue weighted by Gasteiger charge is -2.48. The molecule has 2 N–H and O–H groups in total. The minimum Gasteiger partial charge on any atom is -0.459 e. The predicted molar refractivity (Wildman–Crippen MR) is 130 cm³/mol. The van der Waals surface area contributed by atoms with Crippen LogP contribution in [-0.4, -0.2) is 58.4 Å². The van der Waals surface area contributed by atoms with Crippen molar-refractivity contribution in [3.8, 4) is 0 Å². The Morgan fingerprint density at radius 3 is 2.71 bits per heavy atom. The van der Waals surface area contributed by atoms with Crippen LogP contribution in [0.4, 0.5) is 0 Å². The van der Waals surface area contributed by atoms with Crippen molar-refractivity contribution in [1.29, 1.82) is 0 Å². The maximum Gasteiger partial charge on any atom is 0.306 e. The summed E-state index contributed by atoms with van der Waals surface area (Å²) in [6.45, 7) is 13.0. The van der Waals surface area contributed by atoms with Crippen molar-refractivity contribution >= 4 is 5.97 Å². The first kappa shape index (κ1) is 26.1. The molecule has 1 saturated carbocycles. The molecule has 3 aliphatic heterocycles. The van der Waals surface area contributed by atoms with E-state index in [1.54, 1.807) is 0 Å². The van der Waals surface area contributed by atoms with E-state index >= 15 is 0 Å². The molecule has 0 spiro atoms. The van der Waals surface area contributed by atoms with Gasteiger partial charge in [-0.25, -0.2) is 0 Å². The van der Waals surface area contributed by atoms with E-state index in [4.69, 9.17) is 14.2 Å². The lowest BCUT2D eigenvalue weighted by molar-refractivity contribution is -0.205. The van der Waals surface area contributed by atoms with Crippen LogP contribution in [0, 0.1) is 23.7 Å². The Labute approximate surface area is 205 Å². The van der Waals surface area contributed by atoms with E-state index < -0.39 is 23.4 Å². The summed E-state index contributed by atoms with van der Waals surface area (Å²) in [4.78, 5) is 12.9. The molecule has 3 heterocycles. The van der Waals surface area contributed by atoms with Crippen LogP contribution in [0.2, 0.25) is 0 Å². The van der Waals surface area contributed by atoms with Gasteiger partial charge in [-0.3, -0.25) is 4.79 Å². The summed E-state index contributed by atoms with van der Waals surface area (Å²) < 4.78 is 19.4. The zero-order valence-electron chi connectivity index (χ0n) is 21.6. The Morgan fingerprint density at radius 2 is 1.97 bits per heavy atom. The monoisotopic (exact) mass is 478 g/mol. The Hall–Kier alpha value is -0.950. The fraction of sp³-hybridized carbons (Fsp3) is 0.893. The maximum absolute atomic E-state index is 12.9. The zero-order chi connectivity index (χ0) is 24.7. The number of fused-ring (bicyclic) bond motifs is 2. The molecule has 1 aliphatic carbocycles. The molecule has 2 bridgehead atoms. The summed E-state index contributed by atoms with van der Waals surface area (Å²) >= 11 is 0. The van der Waals surface area contributed by atoms with Gasteiger partial charge < -0.3 is 24.4 Å². The van der Waals surface area contributed by atoms with E-state index in [1.165, 1.54) is 12.8 Å². The topological polar surface area (TPSA) is 85.2 Å².